The molecule has 0 spiro atoms. The van der Waals surface area contributed by atoms with Crippen molar-refractivity contribution in [2.45, 2.75) is 59.0 Å². The van der Waals surface area contributed by atoms with E-state index in [-0.39, 0.29) is 11.3 Å². The van der Waals surface area contributed by atoms with Crippen molar-refractivity contribution in [2.24, 2.45) is 11.3 Å². The molecule has 2 saturated heterocycles. The lowest BCUT2D eigenvalue weighted by Crippen LogP contribution is -2.60. The van der Waals surface area contributed by atoms with Gasteiger partial charge in [0.1, 0.15) is 0 Å². The second kappa shape index (κ2) is 9.00. The average Bonchev–Trinajstić information content (AvgIpc) is 3.08. The van der Waals surface area contributed by atoms with E-state index in [0.717, 1.165) is 82.3 Å². The van der Waals surface area contributed by atoms with E-state index in [1.54, 1.807) is 11.3 Å². The Hall–Kier alpha value is -1.02. The Morgan fingerprint density at radius 3 is 2.76 bits per heavy atom. The number of aryl methyl sites for hydroxylation is 2. The van der Waals surface area contributed by atoms with Crippen LogP contribution >= 0.6 is 11.3 Å². The summed E-state index contributed by atoms with van der Waals surface area (Å²) in [5, 5.41) is 4.40. The predicted octanol–water partition coefficient (Wildman–Crippen LogP) is 2.59. The molecule has 0 unspecified atom stereocenters. The smallest absolute Gasteiger partial charge is 0.228 e. The van der Waals surface area contributed by atoms with Crippen LogP contribution in [0.15, 0.2) is 0 Å². The maximum atomic E-state index is 13.6. The normalized spacial score (nSPS) is 31.4. The maximum Gasteiger partial charge on any atom is 0.228 e. The summed E-state index contributed by atoms with van der Waals surface area (Å²) in [6, 6.07) is 0.615. The number of carbonyl (C=O) groups is 1. The first-order chi connectivity index (χ1) is 14.0. The lowest BCUT2D eigenvalue weighted by Gasteiger charge is -2.53. The van der Waals surface area contributed by atoms with Crippen molar-refractivity contribution in [1.29, 1.82) is 0 Å². The van der Waals surface area contributed by atoms with Gasteiger partial charge in [-0.3, -0.25) is 9.69 Å². The van der Waals surface area contributed by atoms with Crippen LogP contribution in [0.1, 0.15) is 48.2 Å². The number of morpholine rings is 1. The van der Waals surface area contributed by atoms with Crippen LogP contribution in [-0.2, 0) is 16.1 Å². The highest BCUT2D eigenvalue weighted by atomic mass is 32.1. The molecule has 29 heavy (non-hydrogen) atoms. The molecule has 6 nitrogen and oxygen atoms in total. The molecule has 162 valence electrons. The van der Waals surface area contributed by atoms with Crippen LogP contribution < -0.4 is 5.32 Å². The zero-order chi connectivity index (χ0) is 20.4. The van der Waals surface area contributed by atoms with Crippen molar-refractivity contribution in [2.75, 3.05) is 45.9 Å². The number of amides is 1. The minimum atomic E-state index is -0.231. The Kier molecular flexibility index (Phi) is 6.59. The summed E-state index contributed by atoms with van der Waals surface area (Å²) < 4.78 is 5.55. The van der Waals surface area contributed by atoms with Crippen LogP contribution in [0.4, 0.5) is 0 Å². The molecule has 7 heteroatoms. The molecule has 3 heterocycles. The number of likely N-dealkylation sites (tertiary alicyclic amines) is 1. The third-order valence-corrected chi connectivity index (χ3v) is 8.50. The van der Waals surface area contributed by atoms with E-state index in [1.165, 1.54) is 4.88 Å². The van der Waals surface area contributed by atoms with Gasteiger partial charge in [0.25, 0.3) is 0 Å². The molecule has 1 aliphatic carbocycles. The standard InChI is InChI=1S/C22H36N4O2S/c1-4-25-8-6-18-13-19(26-9-11-28-12-10-26)5-7-22(18,15-25)21(27)23-14-20-16(2)24-17(3)29-20/h18-19H,4-15H2,1-3H3,(H,23,27)/t18-,19+,22-/m1/s1. The van der Waals surface area contributed by atoms with Crippen molar-refractivity contribution in [3.05, 3.63) is 15.6 Å². The van der Waals surface area contributed by atoms with E-state index in [9.17, 15) is 4.79 Å². The third kappa shape index (κ3) is 4.38. The van der Waals surface area contributed by atoms with Gasteiger partial charge in [0.15, 0.2) is 0 Å². The average molecular weight is 421 g/mol. The zero-order valence-corrected chi connectivity index (χ0v) is 19.0. The van der Waals surface area contributed by atoms with Crippen molar-refractivity contribution in [1.82, 2.24) is 20.1 Å². The molecule has 2 aliphatic heterocycles. The topological polar surface area (TPSA) is 57.7 Å². The number of thiazole rings is 1. The number of nitrogens with zero attached hydrogens (tertiary/aromatic N) is 3. The van der Waals surface area contributed by atoms with Crippen molar-refractivity contribution in [3.8, 4) is 0 Å². The number of fused-ring (bicyclic) bond motifs is 1. The fourth-order valence-electron chi connectivity index (χ4n) is 5.71. The summed E-state index contributed by atoms with van der Waals surface area (Å²) in [6.07, 6.45) is 4.42. The fourth-order valence-corrected chi connectivity index (χ4v) is 6.58. The Morgan fingerprint density at radius 2 is 2.07 bits per heavy atom. The van der Waals surface area contributed by atoms with Gasteiger partial charge in [0, 0.05) is 30.6 Å². The second-order valence-corrected chi connectivity index (χ2v) is 10.3. The predicted molar refractivity (Wildman–Crippen MR) is 116 cm³/mol. The van der Waals surface area contributed by atoms with Gasteiger partial charge in [0.05, 0.1) is 35.9 Å². The summed E-state index contributed by atoms with van der Waals surface area (Å²) in [6.45, 7) is 13.8. The maximum absolute atomic E-state index is 13.6. The highest BCUT2D eigenvalue weighted by molar-refractivity contribution is 7.11. The van der Waals surface area contributed by atoms with E-state index in [0.29, 0.717) is 18.5 Å². The van der Waals surface area contributed by atoms with Crippen molar-refractivity contribution in [3.63, 3.8) is 0 Å². The van der Waals surface area contributed by atoms with Gasteiger partial charge in [-0.15, -0.1) is 11.3 Å². The van der Waals surface area contributed by atoms with Crippen LogP contribution in [0.2, 0.25) is 0 Å². The highest BCUT2D eigenvalue weighted by Gasteiger charge is 2.52. The Morgan fingerprint density at radius 1 is 1.28 bits per heavy atom. The zero-order valence-electron chi connectivity index (χ0n) is 18.2. The first-order valence-electron chi connectivity index (χ1n) is 11.3. The number of ether oxygens (including phenoxy) is 1. The largest absolute Gasteiger partial charge is 0.379 e. The molecule has 3 aliphatic rings. The quantitative estimate of drug-likeness (QED) is 0.794. The first-order valence-corrected chi connectivity index (χ1v) is 12.1. The van der Waals surface area contributed by atoms with Crippen molar-refractivity contribution >= 4 is 17.2 Å². The Labute approximate surface area is 179 Å². The molecule has 0 aromatic carbocycles. The van der Waals surface area contributed by atoms with E-state index < -0.39 is 0 Å². The summed E-state index contributed by atoms with van der Waals surface area (Å²) >= 11 is 1.70. The molecule has 1 aromatic rings. The number of piperidine rings is 1. The molecule has 1 amide bonds. The number of rotatable bonds is 5. The summed E-state index contributed by atoms with van der Waals surface area (Å²) in [5.41, 5.74) is 0.821. The highest BCUT2D eigenvalue weighted by Crippen LogP contribution is 2.48. The van der Waals surface area contributed by atoms with Crippen LogP contribution in [0.25, 0.3) is 0 Å². The van der Waals surface area contributed by atoms with Gasteiger partial charge in [-0.05, 0) is 58.5 Å². The molecule has 0 radical (unpaired) electrons. The van der Waals surface area contributed by atoms with Crippen LogP contribution in [0.5, 0.6) is 0 Å². The number of hydrogen-bond acceptors (Lipinski definition) is 6. The van der Waals surface area contributed by atoms with Gasteiger partial charge < -0.3 is 15.0 Å². The number of aromatic nitrogens is 1. The SMILES string of the molecule is CCN1CC[C@@H]2C[C@@H](N3CCOCC3)CC[C@@]2(C(=O)NCc2sc(C)nc2C)C1. The molecule has 1 N–H and O–H groups in total. The van der Waals surface area contributed by atoms with Gasteiger partial charge in [-0.1, -0.05) is 6.92 Å². The molecule has 3 atom stereocenters. The number of hydrogen-bond donors (Lipinski definition) is 1. The molecule has 0 bridgehead atoms. The molecular formula is C22H36N4O2S. The first kappa shape index (κ1) is 21.2. The molecule has 1 aromatic heterocycles. The minimum Gasteiger partial charge on any atom is -0.379 e. The van der Waals surface area contributed by atoms with Crippen molar-refractivity contribution < 1.29 is 9.53 Å². The van der Waals surface area contributed by atoms with E-state index in [1.807, 2.05) is 13.8 Å². The molecular weight excluding hydrogens is 384 g/mol. The van der Waals surface area contributed by atoms with Gasteiger partial charge >= 0.3 is 0 Å². The molecule has 4 rings (SSSR count). The minimum absolute atomic E-state index is 0.231. The lowest BCUT2D eigenvalue weighted by atomic mass is 9.61. The third-order valence-electron chi connectivity index (χ3n) is 7.43. The summed E-state index contributed by atoms with van der Waals surface area (Å²) in [7, 11) is 0. The monoisotopic (exact) mass is 420 g/mol. The number of nitrogens with one attached hydrogen (secondary N) is 1. The second-order valence-electron chi connectivity index (χ2n) is 9.01. The van der Waals surface area contributed by atoms with E-state index >= 15 is 0 Å². The van der Waals surface area contributed by atoms with E-state index in [2.05, 4.69) is 27.0 Å². The molecule has 3 fully saturated rings. The Balaban J connectivity index is 1.47. The van der Waals surface area contributed by atoms with Gasteiger partial charge in [0.2, 0.25) is 5.91 Å². The summed E-state index contributed by atoms with van der Waals surface area (Å²) in [5.74, 6) is 0.753. The van der Waals surface area contributed by atoms with Crippen LogP contribution in [0, 0.1) is 25.2 Å². The number of carbonyl (C=O) groups excluding carboxylic acids is 1. The summed E-state index contributed by atoms with van der Waals surface area (Å²) in [4.78, 5) is 24.4. The fraction of sp³-hybridized carbons (Fsp3) is 0.818. The van der Waals surface area contributed by atoms with Gasteiger partial charge in [-0.2, -0.15) is 0 Å². The molecule has 1 saturated carbocycles. The lowest BCUT2D eigenvalue weighted by molar-refractivity contribution is -0.145. The van der Waals surface area contributed by atoms with E-state index in [4.69, 9.17) is 4.74 Å². The van der Waals surface area contributed by atoms with Crippen LogP contribution in [0.3, 0.4) is 0 Å². The van der Waals surface area contributed by atoms with Gasteiger partial charge in [-0.25, -0.2) is 4.98 Å². The Bertz CT molecular complexity index is 718. The van der Waals surface area contributed by atoms with Crippen LogP contribution in [-0.4, -0.2) is 72.7 Å².